The van der Waals surface area contributed by atoms with E-state index >= 15 is 0 Å². The summed E-state index contributed by atoms with van der Waals surface area (Å²) in [6.07, 6.45) is 0. The van der Waals surface area contributed by atoms with E-state index in [0.717, 1.165) is 72.1 Å². The van der Waals surface area contributed by atoms with Gasteiger partial charge in [-0.2, -0.15) is 0 Å². The van der Waals surface area contributed by atoms with E-state index in [-0.39, 0.29) is 0 Å². The van der Waals surface area contributed by atoms with Crippen molar-refractivity contribution in [1.82, 2.24) is 29.5 Å². The summed E-state index contributed by atoms with van der Waals surface area (Å²) < 4.78 is 2.18. The molecule has 55 heavy (non-hydrogen) atoms. The Labute approximate surface area is 318 Å². The van der Waals surface area contributed by atoms with Crippen LogP contribution in [-0.2, 0) is 0 Å². The normalized spacial score (nSPS) is 11.3. The van der Waals surface area contributed by atoms with Crippen molar-refractivity contribution in [2.75, 3.05) is 0 Å². The Morgan fingerprint density at radius 1 is 0.309 bits per heavy atom. The average molecular weight is 705 g/mol. The molecule has 0 N–H and O–H groups in total. The molecule has 0 saturated heterocycles. The lowest BCUT2D eigenvalue weighted by Gasteiger charge is -2.12. The Kier molecular flexibility index (Phi) is 8.04. The maximum absolute atomic E-state index is 5.27. The topological polar surface area (TPSA) is 69.4 Å². The number of benzene rings is 7. The van der Waals surface area contributed by atoms with E-state index in [1.165, 1.54) is 0 Å². The molecule has 3 aromatic heterocycles. The van der Waals surface area contributed by atoms with Crippen LogP contribution in [0.5, 0.6) is 0 Å². The average Bonchev–Trinajstić information content (AvgIpc) is 3.61. The van der Waals surface area contributed by atoms with Gasteiger partial charge in [-0.05, 0) is 35.4 Å². The largest absolute Gasteiger partial charge is 0.278 e. The van der Waals surface area contributed by atoms with Crippen LogP contribution in [0.15, 0.2) is 194 Å². The van der Waals surface area contributed by atoms with E-state index in [1.807, 2.05) is 103 Å². The van der Waals surface area contributed by atoms with Crippen LogP contribution in [0.25, 0.3) is 95.6 Å². The first-order valence-electron chi connectivity index (χ1n) is 18.3. The van der Waals surface area contributed by atoms with Gasteiger partial charge in [-0.3, -0.25) is 4.57 Å². The highest BCUT2D eigenvalue weighted by Gasteiger charge is 2.22. The van der Waals surface area contributed by atoms with Crippen LogP contribution in [0.3, 0.4) is 0 Å². The number of aromatic nitrogens is 6. The molecule has 0 bridgehead atoms. The molecule has 0 aliphatic heterocycles. The second-order valence-corrected chi connectivity index (χ2v) is 13.3. The van der Waals surface area contributed by atoms with E-state index in [9.17, 15) is 0 Å². The van der Waals surface area contributed by atoms with E-state index in [2.05, 4.69) is 95.6 Å². The highest BCUT2D eigenvalue weighted by atomic mass is 15.2. The molecule has 6 heteroatoms. The monoisotopic (exact) mass is 704 g/mol. The van der Waals surface area contributed by atoms with Crippen molar-refractivity contribution in [3.63, 3.8) is 0 Å². The number of fused-ring (bicyclic) bond motifs is 3. The molecule has 7 aromatic carbocycles. The minimum Gasteiger partial charge on any atom is -0.278 e. The molecular formula is C49H32N6. The van der Waals surface area contributed by atoms with Crippen molar-refractivity contribution >= 4 is 21.8 Å². The van der Waals surface area contributed by atoms with Gasteiger partial charge in [-0.1, -0.05) is 170 Å². The zero-order chi connectivity index (χ0) is 36.6. The third kappa shape index (κ3) is 6.02. The van der Waals surface area contributed by atoms with Crippen molar-refractivity contribution in [3.05, 3.63) is 194 Å². The molecule has 0 aliphatic rings. The summed E-state index contributed by atoms with van der Waals surface area (Å²) >= 11 is 0. The summed E-state index contributed by atoms with van der Waals surface area (Å²) in [6, 6.07) is 66.2. The van der Waals surface area contributed by atoms with Gasteiger partial charge < -0.3 is 0 Å². The predicted molar refractivity (Wildman–Crippen MR) is 222 cm³/mol. The van der Waals surface area contributed by atoms with Gasteiger partial charge >= 0.3 is 0 Å². The first-order chi connectivity index (χ1) is 27.3. The van der Waals surface area contributed by atoms with Crippen molar-refractivity contribution in [2.45, 2.75) is 0 Å². The lowest BCUT2D eigenvalue weighted by Crippen LogP contribution is -2.04. The first kappa shape index (κ1) is 32.1. The zero-order valence-electron chi connectivity index (χ0n) is 29.7. The molecule has 0 spiro atoms. The number of rotatable bonds is 7. The Hall–Kier alpha value is -7.57. The van der Waals surface area contributed by atoms with Gasteiger partial charge in [-0.15, -0.1) is 0 Å². The molecule has 0 radical (unpaired) electrons. The second-order valence-electron chi connectivity index (χ2n) is 13.3. The van der Waals surface area contributed by atoms with E-state index in [0.29, 0.717) is 23.4 Å². The molecule has 10 rings (SSSR count). The molecule has 3 heterocycles. The SMILES string of the molecule is c1ccc(-c2ccc3c(c2)c2c(-c4nc(-c5ccccc5)nc(-c5ccccc5)n4)cccc2n3-c2nc(-c3ccccc3)cc(-c3ccccc3)n2)cc1. The van der Waals surface area contributed by atoms with Crippen molar-refractivity contribution in [1.29, 1.82) is 0 Å². The van der Waals surface area contributed by atoms with Gasteiger partial charge in [0.1, 0.15) is 0 Å². The van der Waals surface area contributed by atoms with E-state index < -0.39 is 0 Å². The number of hydrogen-bond acceptors (Lipinski definition) is 5. The second kappa shape index (κ2) is 13.8. The third-order valence-corrected chi connectivity index (χ3v) is 9.89. The van der Waals surface area contributed by atoms with Gasteiger partial charge in [0, 0.05) is 38.6 Å². The molecule has 0 unspecified atom stereocenters. The van der Waals surface area contributed by atoms with Crippen LogP contribution >= 0.6 is 0 Å². The summed E-state index contributed by atoms with van der Waals surface area (Å²) in [5.74, 6) is 2.39. The standard InChI is InChI=1S/C49H32N6/c1-6-17-33(18-7-1)38-29-30-43-40(31-38)45-39(48-53-46(36-23-12-4-13-24-36)52-47(54-48)37-25-14-5-15-26-37)27-16-28-44(45)55(43)49-50-41(34-19-8-2-9-20-34)32-42(51-49)35-21-10-3-11-22-35/h1-32H. The van der Waals surface area contributed by atoms with Gasteiger partial charge in [0.05, 0.1) is 22.4 Å². The van der Waals surface area contributed by atoms with Crippen LogP contribution in [0.1, 0.15) is 0 Å². The minimum absolute atomic E-state index is 0.579. The van der Waals surface area contributed by atoms with E-state index in [1.54, 1.807) is 0 Å². The van der Waals surface area contributed by atoms with Crippen molar-refractivity contribution < 1.29 is 0 Å². The van der Waals surface area contributed by atoms with Crippen molar-refractivity contribution in [3.8, 4) is 73.8 Å². The fraction of sp³-hybridized carbons (Fsp3) is 0. The van der Waals surface area contributed by atoms with Gasteiger partial charge in [-0.25, -0.2) is 24.9 Å². The van der Waals surface area contributed by atoms with E-state index in [4.69, 9.17) is 24.9 Å². The zero-order valence-corrected chi connectivity index (χ0v) is 29.7. The first-order valence-corrected chi connectivity index (χ1v) is 18.3. The maximum Gasteiger partial charge on any atom is 0.235 e. The van der Waals surface area contributed by atoms with Crippen LogP contribution in [-0.4, -0.2) is 29.5 Å². The number of hydrogen-bond donors (Lipinski definition) is 0. The molecule has 0 aliphatic carbocycles. The molecule has 0 fully saturated rings. The molecule has 10 aromatic rings. The highest BCUT2D eigenvalue weighted by Crippen LogP contribution is 2.40. The van der Waals surface area contributed by atoms with Crippen LogP contribution in [0.4, 0.5) is 0 Å². The number of nitrogens with zero attached hydrogens (tertiary/aromatic N) is 6. The Morgan fingerprint density at radius 2 is 0.782 bits per heavy atom. The molecular weight excluding hydrogens is 673 g/mol. The minimum atomic E-state index is 0.579. The van der Waals surface area contributed by atoms with Crippen LogP contribution < -0.4 is 0 Å². The van der Waals surface area contributed by atoms with Crippen LogP contribution in [0.2, 0.25) is 0 Å². The molecule has 0 saturated carbocycles. The fourth-order valence-electron chi connectivity index (χ4n) is 7.26. The molecule has 258 valence electrons. The lowest BCUT2D eigenvalue weighted by atomic mass is 10.0. The Morgan fingerprint density at radius 3 is 1.31 bits per heavy atom. The summed E-state index contributed by atoms with van der Waals surface area (Å²) in [6.45, 7) is 0. The molecule has 0 atom stereocenters. The predicted octanol–water partition coefficient (Wildman–Crippen LogP) is 11.8. The van der Waals surface area contributed by atoms with Crippen molar-refractivity contribution in [2.24, 2.45) is 0 Å². The van der Waals surface area contributed by atoms with Gasteiger partial charge in [0.2, 0.25) is 5.95 Å². The summed E-state index contributed by atoms with van der Waals surface area (Å²) in [5, 5.41) is 2.05. The summed E-state index contributed by atoms with van der Waals surface area (Å²) in [5.41, 5.74) is 10.6. The highest BCUT2D eigenvalue weighted by molar-refractivity contribution is 6.16. The van der Waals surface area contributed by atoms with Gasteiger partial charge in [0.25, 0.3) is 0 Å². The maximum atomic E-state index is 5.27. The molecule has 0 amide bonds. The Balaban J connectivity index is 1.28. The summed E-state index contributed by atoms with van der Waals surface area (Å²) in [4.78, 5) is 25.9. The summed E-state index contributed by atoms with van der Waals surface area (Å²) in [7, 11) is 0. The lowest BCUT2D eigenvalue weighted by molar-refractivity contribution is 0.995. The fourth-order valence-corrected chi connectivity index (χ4v) is 7.26. The van der Waals surface area contributed by atoms with Crippen LogP contribution in [0, 0.1) is 0 Å². The Bertz CT molecular complexity index is 2830. The molecule has 6 nitrogen and oxygen atoms in total. The van der Waals surface area contributed by atoms with Gasteiger partial charge in [0.15, 0.2) is 17.5 Å². The third-order valence-electron chi connectivity index (χ3n) is 9.89. The smallest absolute Gasteiger partial charge is 0.235 e. The quantitative estimate of drug-likeness (QED) is 0.165.